The smallest absolute Gasteiger partial charge is 0.101 e. The van der Waals surface area contributed by atoms with Crippen molar-refractivity contribution in [1.82, 2.24) is 0 Å². The van der Waals surface area contributed by atoms with Gasteiger partial charge < -0.3 is 10.4 Å². The lowest BCUT2D eigenvalue weighted by atomic mass is 10.1. The summed E-state index contributed by atoms with van der Waals surface area (Å²) in [5.41, 5.74) is 1.47. The van der Waals surface area contributed by atoms with Crippen LogP contribution in [-0.2, 0) is 0 Å². The van der Waals surface area contributed by atoms with E-state index in [0.717, 1.165) is 23.1 Å². The molecule has 0 unspecified atom stereocenters. The molecular weight excluding hydrogens is 268 g/mol. The second-order valence-corrected chi connectivity index (χ2v) is 4.72. The summed E-state index contributed by atoms with van der Waals surface area (Å²) in [4.78, 5) is 0. The molecule has 0 aromatic heterocycles. The van der Waals surface area contributed by atoms with Gasteiger partial charge in [-0.25, -0.2) is 0 Å². The van der Waals surface area contributed by atoms with E-state index in [0.29, 0.717) is 11.5 Å². The highest BCUT2D eigenvalue weighted by Crippen LogP contribution is 2.20. The van der Waals surface area contributed by atoms with Crippen LogP contribution in [0.15, 0.2) is 22.7 Å². The monoisotopic (exact) mass is 282 g/mol. The molecule has 0 aliphatic heterocycles. The summed E-state index contributed by atoms with van der Waals surface area (Å²) in [6, 6.07) is 7.73. The fraction of sp³-hybridized carbons (Fsp3) is 0.417. The molecule has 0 aliphatic rings. The van der Waals surface area contributed by atoms with Gasteiger partial charge in [-0.1, -0.05) is 22.9 Å². The van der Waals surface area contributed by atoms with Gasteiger partial charge in [-0.2, -0.15) is 5.26 Å². The summed E-state index contributed by atoms with van der Waals surface area (Å²) >= 11 is 3.33. The van der Waals surface area contributed by atoms with Gasteiger partial charge in [-0.15, -0.1) is 0 Å². The largest absolute Gasteiger partial charge is 0.396 e. The zero-order chi connectivity index (χ0) is 12.0. The van der Waals surface area contributed by atoms with Crippen LogP contribution in [0.3, 0.4) is 0 Å². The predicted octanol–water partition coefficient (Wildman–Crippen LogP) is 2.75. The molecule has 0 bridgehead atoms. The maximum absolute atomic E-state index is 8.96. The SMILES string of the molecule is C[C@@H](CCO)CNc1ccc(Br)cc1C#N. The molecule has 0 aliphatic carbocycles. The van der Waals surface area contributed by atoms with Gasteiger partial charge in [-0.05, 0) is 30.5 Å². The van der Waals surface area contributed by atoms with E-state index in [1.165, 1.54) is 0 Å². The third kappa shape index (κ3) is 3.84. The number of aliphatic hydroxyl groups is 1. The number of rotatable bonds is 5. The first-order valence-corrected chi connectivity index (χ1v) is 6.01. The van der Waals surface area contributed by atoms with E-state index >= 15 is 0 Å². The van der Waals surface area contributed by atoms with Crippen LogP contribution in [0.2, 0.25) is 0 Å². The molecule has 1 atom stereocenters. The standard InChI is InChI=1S/C12H15BrN2O/c1-9(4-5-16)8-15-12-3-2-11(13)6-10(12)7-14/h2-3,6,9,15-16H,4-5,8H2,1H3/t9-/m0/s1. The molecule has 0 saturated carbocycles. The Labute approximate surface area is 104 Å². The average Bonchev–Trinajstić information content (AvgIpc) is 2.27. The normalized spacial score (nSPS) is 11.9. The van der Waals surface area contributed by atoms with E-state index in [4.69, 9.17) is 10.4 Å². The number of hydrogen-bond donors (Lipinski definition) is 2. The molecule has 0 heterocycles. The molecule has 4 heteroatoms. The van der Waals surface area contributed by atoms with Gasteiger partial charge in [-0.3, -0.25) is 0 Å². The number of nitriles is 1. The van der Waals surface area contributed by atoms with Crippen molar-refractivity contribution >= 4 is 21.6 Å². The third-order valence-corrected chi connectivity index (χ3v) is 2.86. The van der Waals surface area contributed by atoms with Crippen LogP contribution in [-0.4, -0.2) is 18.3 Å². The molecule has 0 fully saturated rings. The van der Waals surface area contributed by atoms with Crippen molar-refractivity contribution in [2.24, 2.45) is 5.92 Å². The molecule has 1 aromatic carbocycles. The van der Waals surface area contributed by atoms with Crippen LogP contribution in [0.5, 0.6) is 0 Å². The van der Waals surface area contributed by atoms with Crippen molar-refractivity contribution in [2.75, 3.05) is 18.5 Å². The minimum atomic E-state index is 0.203. The summed E-state index contributed by atoms with van der Waals surface area (Å²) in [5, 5.41) is 21.0. The van der Waals surface area contributed by atoms with Crippen molar-refractivity contribution in [1.29, 1.82) is 5.26 Å². The molecule has 16 heavy (non-hydrogen) atoms. The minimum absolute atomic E-state index is 0.203. The molecule has 3 nitrogen and oxygen atoms in total. The molecular formula is C12H15BrN2O. The molecule has 86 valence electrons. The van der Waals surface area contributed by atoms with Gasteiger partial charge >= 0.3 is 0 Å². The van der Waals surface area contributed by atoms with Crippen LogP contribution in [0.25, 0.3) is 0 Å². The first-order chi connectivity index (χ1) is 7.67. The van der Waals surface area contributed by atoms with Crippen molar-refractivity contribution < 1.29 is 5.11 Å². The summed E-state index contributed by atoms with van der Waals surface area (Å²) in [7, 11) is 0. The minimum Gasteiger partial charge on any atom is -0.396 e. The number of halogens is 1. The number of nitrogens with zero attached hydrogens (tertiary/aromatic N) is 1. The van der Waals surface area contributed by atoms with Crippen molar-refractivity contribution in [3.05, 3.63) is 28.2 Å². The number of anilines is 1. The van der Waals surface area contributed by atoms with Crippen molar-refractivity contribution in [3.63, 3.8) is 0 Å². The van der Waals surface area contributed by atoms with E-state index in [9.17, 15) is 0 Å². The molecule has 1 rings (SSSR count). The topological polar surface area (TPSA) is 56.0 Å². The lowest BCUT2D eigenvalue weighted by molar-refractivity contribution is 0.266. The van der Waals surface area contributed by atoms with Crippen molar-refractivity contribution in [2.45, 2.75) is 13.3 Å². The van der Waals surface area contributed by atoms with Gasteiger partial charge in [0, 0.05) is 17.6 Å². The fourth-order valence-electron chi connectivity index (χ4n) is 1.37. The first-order valence-electron chi connectivity index (χ1n) is 5.21. The average molecular weight is 283 g/mol. The van der Waals surface area contributed by atoms with Crippen molar-refractivity contribution in [3.8, 4) is 6.07 Å². The lowest BCUT2D eigenvalue weighted by Crippen LogP contribution is -2.13. The fourth-order valence-corrected chi connectivity index (χ4v) is 1.73. The maximum atomic E-state index is 8.96. The zero-order valence-corrected chi connectivity index (χ0v) is 10.8. The Hall–Kier alpha value is -1.05. The lowest BCUT2D eigenvalue weighted by Gasteiger charge is -2.13. The second-order valence-electron chi connectivity index (χ2n) is 3.80. The van der Waals surface area contributed by atoms with E-state index in [1.54, 1.807) is 6.07 Å². The quantitative estimate of drug-likeness (QED) is 0.873. The Bertz CT molecular complexity index is 387. The Morgan fingerprint density at radius 3 is 2.94 bits per heavy atom. The summed E-state index contributed by atoms with van der Waals surface area (Å²) in [6.07, 6.45) is 0.769. The molecule has 0 spiro atoms. The van der Waals surface area contributed by atoms with E-state index in [1.807, 2.05) is 12.1 Å². The van der Waals surface area contributed by atoms with Crippen LogP contribution >= 0.6 is 15.9 Å². The molecule has 0 saturated heterocycles. The third-order valence-electron chi connectivity index (χ3n) is 2.36. The Kier molecular flexibility index (Phi) is 5.30. The number of nitrogens with one attached hydrogen (secondary N) is 1. The Morgan fingerprint density at radius 1 is 1.56 bits per heavy atom. The van der Waals surface area contributed by atoms with E-state index < -0.39 is 0 Å². The molecule has 1 aromatic rings. The summed E-state index contributed by atoms with van der Waals surface area (Å²) < 4.78 is 0.901. The van der Waals surface area contributed by atoms with Gasteiger partial charge in [0.25, 0.3) is 0 Å². The Balaban J connectivity index is 2.64. The number of hydrogen-bond acceptors (Lipinski definition) is 3. The molecule has 2 N–H and O–H groups in total. The van der Waals surface area contributed by atoms with Gasteiger partial charge in [0.2, 0.25) is 0 Å². The predicted molar refractivity (Wildman–Crippen MR) is 68.2 cm³/mol. The van der Waals surface area contributed by atoms with E-state index in [2.05, 4.69) is 34.2 Å². The second kappa shape index (κ2) is 6.51. The van der Waals surface area contributed by atoms with Crippen LogP contribution < -0.4 is 5.32 Å². The van der Waals surface area contributed by atoms with Crippen LogP contribution in [0, 0.1) is 17.2 Å². The highest BCUT2D eigenvalue weighted by molar-refractivity contribution is 9.10. The summed E-state index contributed by atoms with van der Waals surface area (Å²) in [6.45, 7) is 3.03. The van der Waals surface area contributed by atoms with E-state index in [-0.39, 0.29) is 6.61 Å². The maximum Gasteiger partial charge on any atom is 0.101 e. The van der Waals surface area contributed by atoms with Gasteiger partial charge in [0.1, 0.15) is 6.07 Å². The summed E-state index contributed by atoms with van der Waals surface area (Å²) in [5.74, 6) is 0.389. The highest BCUT2D eigenvalue weighted by atomic mass is 79.9. The Morgan fingerprint density at radius 2 is 2.31 bits per heavy atom. The highest BCUT2D eigenvalue weighted by Gasteiger charge is 2.05. The zero-order valence-electron chi connectivity index (χ0n) is 9.20. The number of aliphatic hydroxyl groups excluding tert-OH is 1. The van der Waals surface area contributed by atoms with Crippen LogP contribution in [0.4, 0.5) is 5.69 Å². The number of benzene rings is 1. The molecule has 0 radical (unpaired) electrons. The van der Waals surface area contributed by atoms with Gasteiger partial charge in [0.15, 0.2) is 0 Å². The first kappa shape index (κ1) is 13.0. The van der Waals surface area contributed by atoms with Gasteiger partial charge in [0.05, 0.1) is 11.3 Å². The molecule has 0 amide bonds. The van der Waals surface area contributed by atoms with Crippen LogP contribution in [0.1, 0.15) is 18.9 Å².